The molecule has 2 heterocycles. The zero-order valence-electron chi connectivity index (χ0n) is 11.5. The average molecular weight is 314 g/mol. The van der Waals surface area contributed by atoms with Crippen molar-refractivity contribution in [3.05, 3.63) is 61.0 Å². The molecular formula is C13H10N6O4. The molecule has 0 aliphatic rings. The molecule has 0 saturated carbocycles. The first-order valence-electron chi connectivity index (χ1n) is 6.38. The van der Waals surface area contributed by atoms with E-state index in [4.69, 9.17) is 0 Å². The summed E-state index contributed by atoms with van der Waals surface area (Å²) in [5.74, 6) is -0.561. The van der Waals surface area contributed by atoms with Crippen LogP contribution >= 0.6 is 0 Å². The molecule has 116 valence electrons. The Morgan fingerprint density at radius 2 is 1.87 bits per heavy atom. The first kappa shape index (κ1) is 14.3. The molecule has 0 radical (unpaired) electrons. The van der Waals surface area contributed by atoms with Gasteiger partial charge in [-0.15, -0.1) is 0 Å². The van der Waals surface area contributed by atoms with Crippen LogP contribution in [0, 0.1) is 0 Å². The second-order valence-electron chi connectivity index (χ2n) is 4.47. The summed E-state index contributed by atoms with van der Waals surface area (Å²) in [7, 11) is 0. The van der Waals surface area contributed by atoms with Crippen LogP contribution in [0.2, 0.25) is 0 Å². The predicted octanol–water partition coefficient (Wildman–Crippen LogP) is -0.549. The van der Waals surface area contributed by atoms with Gasteiger partial charge in [0.15, 0.2) is 0 Å². The maximum Gasteiger partial charge on any atom is 0.328 e. The number of anilines is 1. The van der Waals surface area contributed by atoms with Gasteiger partial charge >= 0.3 is 5.69 Å². The largest absolute Gasteiger partial charge is 0.494 e. The monoisotopic (exact) mass is 314 g/mol. The number of rotatable bonds is 3. The molecule has 0 atom stereocenters. The van der Waals surface area contributed by atoms with Crippen molar-refractivity contribution < 1.29 is 5.11 Å². The zero-order chi connectivity index (χ0) is 16.4. The fourth-order valence-electron chi connectivity index (χ4n) is 1.90. The lowest BCUT2D eigenvalue weighted by Gasteiger charge is -2.01. The third kappa shape index (κ3) is 2.85. The molecule has 0 aliphatic heterocycles. The van der Waals surface area contributed by atoms with Gasteiger partial charge in [-0.1, -0.05) is 12.1 Å². The molecule has 5 N–H and O–H groups in total. The van der Waals surface area contributed by atoms with Crippen molar-refractivity contribution in [2.24, 2.45) is 5.10 Å². The topological polar surface area (TPSA) is 156 Å². The minimum absolute atomic E-state index is 0.0605. The Morgan fingerprint density at radius 1 is 1.09 bits per heavy atom. The second kappa shape index (κ2) is 5.60. The maximum absolute atomic E-state index is 11.9. The van der Waals surface area contributed by atoms with Gasteiger partial charge in [0, 0.05) is 0 Å². The van der Waals surface area contributed by atoms with Crippen LogP contribution in [0.3, 0.4) is 0 Å². The van der Waals surface area contributed by atoms with Crippen LogP contribution in [0.25, 0.3) is 10.9 Å². The normalized spacial score (nSPS) is 11.1. The quantitative estimate of drug-likeness (QED) is 0.322. The van der Waals surface area contributed by atoms with Gasteiger partial charge in [-0.3, -0.25) is 24.5 Å². The first-order chi connectivity index (χ1) is 11.0. The van der Waals surface area contributed by atoms with Crippen LogP contribution in [0.15, 0.2) is 43.8 Å². The summed E-state index contributed by atoms with van der Waals surface area (Å²) in [6, 6.07) is 6.75. The van der Waals surface area contributed by atoms with E-state index >= 15 is 0 Å². The van der Waals surface area contributed by atoms with Crippen LogP contribution in [0.5, 0.6) is 5.88 Å². The maximum atomic E-state index is 11.9. The van der Waals surface area contributed by atoms with Crippen LogP contribution < -0.4 is 22.2 Å². The predicted molar refractivity (Wildman–Crippen MR) is 82.9 cm³/mol. The lowest BCUT2D eigenvalue weighted by Crippen LogP contribution is -2.25. The van der Waals surface area contributed by atoms with Gasteiger partial charge in [0.25, 0.3) is 11.1 Å². The van der Waals surface area contributed by atoms with Crippen LogP contribution in [0.1, 0.15) is 5.56 Å². The molecule has 1 aromatic carbocycles. The molecule has 0 bridgehead atoms. The zero-order valence-corrected chi connectivity index (χ0v) is 11.5. The van der Waals surface area contributed by atoms with Crippen molar-refractivity contribution in [2.45, 2.75) is 0 Å². The first-order valence-corrected chi connectivity index (χ1v) is 6.38. The molecule has 0 saturated heterocycles. The molecule has 3 aromatic rings. The van der Waals surface area contributed by atoms with Crippen molar-refractivity contribution in [2.75, 3.05) is 5.43 Å². The Labute approximate surface area is 126 Å². The molecule has 0 aliphatic carbocycles. The third-order valence-electron chi connectivity index (χ3n) is 2.94. The minimum atomic E-state index is -0.835. The number of para-hydroxylation sites is 1. The summed E-state index contributed by atoms with van der Waals surface area (Å²) in [4.78, 5) is 44.9. The van der Waals surface area contributed by atoms with E-state index in [1.165, 1.54) is 0 Å². The number of aromatic hydroxyl groups is 1. The number of nitrogens with one attached hydrogen (secondary N) is 4. The van der Waals surface area contributed by atoms with E-state index < -0.39 is 17.1 Å². The molecule has 0 unspecified atom stereocenters. The summed E-state index contributed by atoms with van der Waals surface area (Å²) in [6.45, 7) is 0. The lowest BCUT2D eigenvalue weighted by molar-refractivity contribution is 0.447. The Kier molecular flexibility index (Phi) is 3.47. The van der Waals surface area contributed by atoms with E-state index in [9.17, 15) is 19.5 Å². The highest BCUT2D eigenvalue weighted by molar-refractivity contribution is 5.82. The lowest BCUT2D eigenvalue weighted by atomic mass is 10.2. The van der Waals surface area contributed by atoms with E-state index in [1.807, 2.05) is 9.97 Å². The van der Waals surface area contributed by atoms with E-state index in [2.05, 4.69) is 20.5 Å². The Hall–Kier alpha value is -3.69. The summed E-state index contributed by atoms with van der Waals surface area (Å²) in [6.07, 6.45) is 0.985. The molecule has 10 nitrogen and oxygen atoms in total. The van der Waals surface area contributed by atoms with Crippen LogP contribution in [-0.2, 0) is 0 Å². The minimum Gasteiger partial charge on any atom is -0.494 e. The summed E-state index contributed by atoms with van der Waals surface area (Å²) < 4.78 is 0. The molecule has 10 heteroatoms. The number of hydrogen-bond donors (Lipinski definition) is 5. The highest BCUT2D eigenvalue weighted by Gasteiger charge is 2.06. The van der Waals surface area contributed by atoms with Gasteiger partial charge in [0.05, 0.1) is 17.1 Å². The number of hydrazone groups is 1. The molecule has 2 aromatic heterocycles. The number of aromatic amines is 3. The molecule has 0 amide bonds. The number of aromatic nitrogens is 4. The molecule has 0 fully saturated rings. The van der Waals surface area contributed by atoms with Gasteiger partial charge in [0.1, 0.15) is 5.56 Å². The smallest absolute Gasteiger partial charge is 0.328 e. The van der Waals surface area contributed by atoms with E-state index in [0.29, 0.717) is 10.9 Å². The van der Waals surface area contributed by atoms with E-state index in [0.717, 1.165) is 6.21 Å². The van der Waals surface area contributed by atoms with Gasteiger partial charge < -0.3 is 5.11 Å². The summed E-state index contributed by atoms with van der Waals surface area (Å²) in [5, 5.41) is 13.6. The second-order valence-corrected chi connectivity index (χ2v) is 4.47. The average Bonchev–Trinajstić information content (AvgIpc) is 2.50. The van der Waals surface area contributed by atoms with Gasteiger partial charge in [-0.25, -0.2) is 15.2 Å². The van der Waals surface area contributed by atoms with Crippen molar-refractivity contribution >= 4 is 23.1 Å². The summed E-state index contributed by atoms with van der Waals surface area (Å²) >= 11 is 0. The fraction of sp³-hybridized carbons (Fsp3) is 0. The van der Waals surface area contributed by atoms with Crippen molar-refractivity contribution in [1.82, 2.24) is 19.9 Å². The Morgan fingerprint density at radius 3 is 2.65 bits per heavy atom. The highest BCUT2D eigenvalue weighted by atomic mass is 16.3. The van der Waals surface area contributed by atoms with E-state index in [1.54, 1.807) is 24.3 Å². The van der Waals surface area contributed by atoms with Crippen molar-refractivity contribution in [3.63, 3.8) is 0 Å². The number of nitrogens with zero attached hydrogens (tertiary/aromatic N) is 2. The molecule has 23 heavy (non-hydrogen) atoms. The highest BCUT2D eigenvalue weighted by Crippen LogP contribution is 2.08. The van der Waals surface area contributed by atoms with Gasteiger partial charge in [0.2, 0.25) is 11.8 Å². The number of hydrogen-bond acceptors (Lipinski definition) is 7. The Balaban J connectivity index is 1.91. The molecular weight excluding hydrogens is 304 g/mol. The standard InChI is InChI=1S/C13H10N6O4/c20-9-6-3-1-2-4-8(6)15-12(16-9)19-14-5-7-10(21)17-13(23)18-11(7)22/h1-5H,(H2,15,16,19,20)(H3,17,18,21,22,23)/b14-5-. The third-order valence-corrected chi connectivity index (χ3v) is 2.94. The van der Waals surface area contributed by atoms with Crippen molar-refractivity contribution in [1.29, 1.82) is 0 Å². The summed E-state index contributed by atoms with van der Waals surface area (Å²) in [5.41, 5.74) is 0.671. The SMILES string of the molecule is O=c1[nH]c(O)c(/C=N\Nc2nc3ccccc3c(=O)[nH]2)c(=O)[nH]1. The Bertz CT molecular complexity index is 1080. The van der Waals surface area contributed by atoms with Gasteiger partial charge in [-0.05, 0) is 12.1 Å². The van der Waals surface area contributed by atoms with Crippen LogP contribution in [-0.4, -0.2) is 31.3 Å². The fourth-order valence-corrected chi connectivity index (χ4v) is 1.90. The van der Waals surface area contributed by atoms with Gasteiger partial charge in [-0.2, -0.15) is 5.10 Å². The number of fused-ring (bicyclic) bond motifs is 1. The van der Waals surface area contributed by atoms with Crippen LogP contribution in [0.4, 0.5) is 5.95 Å². The molecule has 0 spiro atoms. The van der Waals surface area contributed by atoms with Crippen molar-refractivity contribution in [3.8, 4) is 5.88 Å². The van der Waals surface area contributed by atoms with E-state index in [-0.39, 0.29) is 17.1 Å². The number of benzene rings is 1. The number of H-pyrrole nitrogens is 3. The molecule has 3 rings (SSSR count).